The van der Waals surface area contributed by atoms with Crippen molar-refractivity contribution in [3.63, 3.8) is 0 Å². The first-order valence-corrected chi connectivity index (χ1v) is 4.25. The summed E-state index contributed by atoms with van der Waals surface area (Å²) >= 11 is 0. The lowest BCUT2D eigenvalue weighted by Gasteiger charge is -2.09. The van der Waals surface area contributed by atoms with E-state index in [4.69, 9.17) is 5.73 Å². The lowest BCUT2D eigenvalue weighted by Crippen LogP contribution is -2.01. The monoisotopic (exact) mass is 164 g/mol. The van der Waals surface area contributed by atoms with Crippen molar-refractivity contribution in [1.29, 1.82) is 0 Å². The van der Waals surface area contributed by atoms with E-state index in [1.54, 1.807) is 0 Å². The van der Waals surface area contributed by atoms with Gasteiger partial charge in [-0.25, -0.2) is 0 Å². The zero-order chi connectivity index (χ0) is 9.14. The summed E-state index contributed by atoms with van der Waals surface area (Å²) in [5, 5.41) is 3.22. The second kappa shape index (κ2) is 3.48. The number of hydrogen-bond donors (Lipinski definition) is 2. The summed E-state index contributed by atoms with van der Waals surface area (Å²) in [5.41, 5.74) is 10.2. The minimum absolute atomic E-state index is 0.833. The van der Waals surface area contributed by atoms with E-state index in [1.165, 1.54) is 11.1 Å². The van der Waals surface area contributed by atoms with Gasteiger partial charge in [0, 0.05) is 6.54 Å². The summed E-state index contributed by atoms with van der Waals surface area (Å²) < 4.78 is 0. The summed E-state index contributed by atoms with van der Waals surface area (Å²) in [5.74, 6) is 0. The average Bonchev–Trinajstić information content (AvgIpc) is 2.01. The molecule has 0 atom stereocenters. The molecule has 3 N–H and O–H groups in total. The topological polar surface area (TPSA) is 38.0 Å². The highest BCUT2D eigenvalue weighted by molar-refractivity contribution is 5.68. The Labute approximate surface area is 73.8 Å². The van der Waals surface area contributed by atoms with Crippen molar-refractivity contribution in [2.75, 3.05) is 17.6 Å². The van der Waals surface area contributed by atoms with E-state index in [0.717, 1.165) is 17.9 Å². The SMILES string of the molecule is CCNc1cc(C)c(C)cc1N. The second-order valence-electron chi connectivity index (χ2n) is 3.05. The normalized spacial score (nSPS) is 9.92. The van der Waals surface area contributed by atoms with Gasteiger partial charge in [-0.05, 0) is 44.0 Å². The number of nitrogens with one attached hydrogen (secondary N) is 1. The van der Waals surface area contributed by atoms with Gasteiger partial charge in [0.25, 0.3) is 0 Å². The van der Waals surface area contributed by atoms with E-state index in [0.29, 0.717) is 0 Å². The zero-order valence-corrected chi connectivity index (χ0v) is 7.94. The first-order chi connectivity index (χ1) is 5.65. The van der Waals surface area contributed by atoms with Crippen LogP contribution in [0.1, 0.15) is 18.1 Å². The fourth-order valence-electron chi connectivity index (χ4n) is 1.18. The standard InChI is InChI=1S/C10H16N2/c1-4-12-10-6-8(3)7(2)5-9(10)11/h5-6,12H,4,11H2,1-3H3. The van der Waals surface area contributed by atoms with Crippen LogP contribution >= 0.6 is 0 Å². The van der Waals surface area contributed by atoms with Crippen LogP contribution in [0.25, 0.3) is 0 Å². The minimum atomic E-state index is 0.833. The van der Waals surface area contributed by atoms with Gasteiger partial charge in [-0.15, -0.1) is 0 Å². The third kappa shape index (κ3) is 1.70. The maximum absolute atomic E-state index is 5.81. The molecule has 0 saturated heterocycles. The van der Waals surface area contributed by atoms with Crippen molar-refractivity contribution in [3.8, 4) is 0 Å². The number of nitrogen functional groups attached to an aromatic ring is 1. The molecule has 0 bridgehead atoms. The number of rotatable bonds is 2. The highest BCUT2D eigenvalue weighted by atomic mass is 14.9. The molecule has 0 aliphatic carbocycles. The molecule has 2 heteroatoms. The summed E-state index contributed by atoms with van der Waals surface area (Å²) in [7, 11) is 0. The van der Waals surface area contributed by atoms with Crippen LogP contribution in [0.4, 0.5) is 11.4 Å². The van der Waals surface area contributed by atoms with E-state index >= 15 is 0 Å². The molecule has 12 heavy (non-hydrogen) atoms. The number of aryl methyl sites for hydroxylation is 2. The Morgan fingerprint density at radius 2 is 1.83 bits per heavy atom. The summed E-state index contributed by atoms with van der Waals surface area (Å²) in [4.78, 5) is 0. The third-order valence-electron chi connectivity index (χ3n) is 2.03. The lowest BCUT2D eigenvalue weighted by molar-refractivity contribution is 1.20. The molecule has 0 heterocycles. The summed E-state index contributed by atoms with van der Waals surface area (Å²) in [6.45, 7) is 7.14. The van der Waals surface area contributed by atoms with Gasteiger partial charge in [-0.3, -0.25) is 0 Å². The third-order valence-corrected chi connectivity index (χ3v) is 2.03. The Balaban J connectivity index is 3.05. The van der Waals surface area contributed by atoms with Gasteiger partial charge in [0.05, 0.1) is 11.4 Å². The summed E-state index contributed by atoms with van der Waals surface area (Å²) in [6, 6.07) is 4.10. The van der Waals surface area contributed by atoms with E-state index in [9.17, 15) is 0 Å². The number of nitrogens with two attached hydrogens (primary N) is 1. The molecule has 0 aromatic heterocycles. The molecule has 1 aromatic rings. The fraction of sp³-hybridized carbons (Fsp3) is 0.400. The van der Waals surface area contributed by atoms with Crippen LogP contribution in [-0.4, -0.2) is 6.54 Å². The molecule has 0 aliphatic rings. The molecular formula is C10H16N2. The quantitative estimate of drug-likeness (QED) is 0.658. The van der Waals surface area contributed by atoms with Gasteiger partial charge in [-0.2, -0.15) is 0 Å². The predicted molar refractivity (Wildman–Crippen MR) is 54.5 cm³/mol. The summed E-state index contributed by atoms with van der Waals surface area (Å²) in [6.07, 6.45) is 0. The predicted octanol–water partition coefficient (Wildman–Crippen LogP) is 2.32. The van der Waals surface area contributed by atoms with E-state index in [-0.39, 0.29) is 0 Å². The van der Waals surface area contributed by atoms with Crippen LogP contribution in [0.2, 0.25) is 0 Å². The van der Waals surface area contributed by atoms with Gasteiger partial charge in [0.15, 0.2) is 0 Å². The molecule has 0 fully saturated rings. The molecule has 66 valence electrons. The molecule has 1 aromatic carbocycles. The molecule has 0 amide bonds. The molecular weight excluding hydrogens is 148 g/mol. The highest BCUT2D eigenvalue weighted by Gasteiger charge is 1.99. The first-order valence-electron chi connectivity index (χ1n) is 4.25. The van der Waals surface area contributed by atoms with Crippen LogP contribution in [0.5, 0.6) is 0 Å². The van der Waals surface area contributed by atoms with E-state index in [1.807, 2.05) is 6.07 Å². The van der Waals surface area contributed by atoms with Crippen LogP contribution in [0.3, 0.4) is 0 Å². The van der Waals surface area contributed by atoms with Crippen molar-refractivity contribution in [3.05, 3.63) is 23.3 Å². The van der Waals surface area contributed by atoms with Crippen LogP contribution < -0.4 is 11.1 Å². The fourth-order valence-corrected chi connectivity index (χ4v) is 1.18. The smallest absolute Gasteiger partial charge is 0.0576 e. The maximum Gasteiger partial charge on any atom is 0.0576 e. The van der Waals surface area contributed by atoms with Crippen LogP contribution in [-0.2, 0) is 0 Å². The molecule has 1 rings (SSSR count). The van der Waals surface area contributed by atoms with Gasteiger partial charge in [-0.1, -0.05) is 0 Å². The number of anilines is 2. The Hall–Kier alpha value is -1.18. The molecule has 0 unspecified atom stereocenters. The zero-order valence-electron chi connectivity index (χ0n) is 7.94. The molecule has 0 radical (unpaired) electrons. The van der Waals surface area contributed by atoms with Crippen LogP contribution in [0.15, 0.2) is 12.1 Å². The first kappa shape index (κ1) is 8.91. The Morgan fingerprint density at radius 1 is 1.25 bits per heavy atom. The Kier molecular flexibility index (Phi) is 2.58. The Morgan fingerprint density at radius 3 is 2.42 bits per heavy atom. The van der Waals surface area contributed by atoms with Crippen molar-refractivity contribution < 1.29 is 0 Å². The van der Waals surface area contributed by atoms with Gasteiger partial charge in [0.2, 0.25) is 0 Å². The molecule has 0 saturated carbocycles. The largest absolute Gasteiger partial charge is 0.397 e. The average molecular weight is 164 g/mol. The maximum atomic E-state index is 5.81. The van der Waals surface area contributed by atoms with E-state index < -0.39 is 0 Å². The van der Waals surface area contributed by atoms with Crippen molar-refractivity contribution in [2.45, 2.75) is 20.8 Å². The van der Waals surface area contributed by atoms with E-state index in [2.05, 4.69) is 32.2 Å². The second-order valence-corrected chi connectivity index (χ2v) is 3.05. The molecule has 2 nitrogen and oxygen atoms in total. The van der Waals surface area contributed by atoms with Crippen molar-refractivity contribution in [1.82, 2.24) is 0 Å². The number of benzene rings is 1. The molecule has 0 aliphatic heterocycles. The van der Waals surface area contributed by atoms with Crippen molar-refractivity contribution >= 4 is 11.4 Å². The highest BCUT2D eigenvalue weighted by Crippen LogP contribution is 2.22. The lowest BCUT2D eigenvalue weighted by atomic mass is 10.1. The van der Waals surface area contributed by atoms with Crippen LogP contribution in [0, 0.1) is 13.8 Å². The molecule has 0 spiro atoms. The van der Waals surface area contributed by atoms with Gasteiger partial charge >= 0.3 is 0 Å². The minimum Gasteiger partial charge on any atom is -0.397 e. The number of hydrogen-bond acceptors (Lipinski definition) is 2. The Bertz CT molecular complexity index is 279. The van der Waals surface area contributed by atoms with Crippen molar-refractivity contribution in [2.24, 2.45) is 0 Å². The van der Waals surface area contributed by atoms with Gasteiger partial charge in [0.1, 0.15) is 0 Å². The van der Waals surface area contributed by atoms with Gasteiger partial charge < -0.3 is 11.1 Å².